The van der Waals surface area contributed by atoms with Crippen LogP contribution in [0, 0.1) is 0 Å². The smallest absolute Gasteiger partial charge is 0.138 e. The minimum absolute atomic E-state index is 0.197. The van der Waals surface area contributed by atoms with Gasteiger partial charge >= 0.3 is 0 Å². The Morgan fingerprint density at radius 3 is 2.70 bits per heavy atom. The Kier molecular flexibility index (Phi) is 6.39. The van der Waals surface area contributed by atoms with Gasteiger partial charge in [-0.3, -0.25) is 5.43 Å². The second-order valence-electron chi connectivity index (χ2n) is 4.95. The summed E-state index contributed by atoms with van der Waals surface area (Å²) in [5.41, 5.74) is 3.23. The van der Waals surface area contributed by atoms with Crippen LogP contribution in [0.3, 0.4) is 0 Å². The Morgan fingerprint density at radius 1 is 1.25 bits per heavy atom. The highest BCUT2D eigenvalue weighted by molar-refractivity contribution is 6.35. The Bertz CT molecular complexity index is 426. The third-order valence-corrected chi connectivity index (χ3v) is 3.76. The molecule has 6 heteroatoms. The molecule has 1 aliphatic rings. The summed E-state index contributed by atoms with van der Waals surface area (Å²) >= 11 is 11.8. The molecule has 0 aromatic heterocycles. The maximum Gasteiger partial charge on any atom is 0.138 e. The number of nitrogens with one attached hydrogen (secondary N) is 1. The van der Waals surface area contributed by atoms with Crippen LogP contribution in [0.1, 0.15) is 19.3 Å². The fourth-order valence-corrected chi connectivity index (χ4v) is 2.59. The van der Waals surface area contributed by atoms with Gasteiger partial charge in [0.1, 0.15) is 18.5 Å². The second-order valence-corrected chi connectivity index (χ2v) is 5.79. The van der Waals surface area contributed by atoms with E-state index >= 15 is 0 Å². The van der Waals surface area contributed by atoms with Crippen LogP contribution in [0.2, 0.25) is 10.0 Å². The first kappa shape index (κ1) is 15.9. The lowest BCUT2D eigenvalue weighted by Gasteiger charge is -2.28. The number of aliphatic hydroxyl groups is 1. The molecule has 1 atom stereocenters. The molecule has 1 unspecified atom stereocenters. The molecule has 1 saturated heterocycles. The molecule has 1 aromatic carbocycles. The van der Waals surface area contributed by atoms with Gasteiger partial charge in [0.25, 0.3) is 0 Å². The average Bonchev–Trinajstić information content (AvgIpc) is 2.45. The summed E-state index contributed by atoms with van der Waals surface area (Å²) in [7, 11) is 0. The second kappa shape index (κ2) is 8.05. The molecule has 1 aliphatic heterocycles. The van der Waals surface area contributed by atoms with Crippen molar-refractivity contribution in [3.8, 4) is 5.75 Å². The number of piperidine rings is 1. The molecule has 2 rings (SSSR count). The first-order valence-electron chi connectivity index (χ1n) is 6.89. The zero-order valence-corrected chi connectivity index (χ0v) is 12.8. The quantitative estimate of drug-likeness (QED) is 0.846. The minimum Gasteiger partial charge on any atom is -0.489 e. The van der Waals surface area contributed by atoms with Crippen LogP contribution in [0.15, 0.2) is 18.2 Å². The Balaban J connectivity index is 1.70. The van der Waals surface area contributed by atoms with Gasteiger partial charge in [-0.05, 0) is 31.0 Å². The van der Waals surface area contributed by atoms with Crippen LogP contribution in [-0.2, 0) is 0 Å². The number of nitrogens with zero attached hydrogens (tertiary/aromatic N) is 1. The number of aliphatic hydroxyl groups excluding tert-OH is 1. The van der Waals surface area contributed by atoms with E-state index in [2.05, 4.69) is 10.4 Å². The van der Waals surface area contributed by atoms with Gasteiger partial charge in [-0.1, -0.05) is 29.6 Å². The van der Waals surface area contributed by atoms with E-state index in [9.17, 15) is 5.11 Å². The Labute approximate surface area is 129 Å². The van der Waals surface area contributed by atoms with E-state index < -0.39 is 6.10 Å². The van der Waals surface area contributed by atoms with Crippen molar-refractivity contribution in [2.75, 3.05) is 26.2 Å². The third-order valence-electron chi connectivity index (χ3n) is 3.23. The maximum atomic E-state index is 9.90. The van der Waals surface area contributed by atoms with E-state index in [4.69, 9.17) is 27.9 Å². The van der Waals surface area contributed by atoms with Gasteiger partial charge in [0.15, 0.2) is 0 Å². The molecular weight excluding hydrogens is 299 g/mol. The third kappa shape index (κ3) is 5.11. The van der Waals surface area contributed by atoms with Crippen molar-refractivity contribution in [2.45, 2.75) is 25.4 Å². The van der Waals surface area contributed by atoms with Gasteiger partial charge in [0.05, 0.1) is 5.02 Å². The summed E-state index contributed by atoms with van der Waals surface area (Å²) in [6.07, 6.45) is 3.13. The number of rotatable bonds is 6. The SMILES string of the molecule is OC(CNN1CCCCC1)COc1ccc(Cl)cc1Cl. The molecule has 1 heterocycles. The van der Waals surface area contributed by atoms with Crippen molar-refractivity contribution < 1.29 is 9.84 Å². The number of halogens is 2. The Hall–Kier alpha value is -0.520. The van der Waals surface area contributed by atoms with E-state index in [1.54, 1.807) is 18.2 Å². The van der Waals surface area contributed by atoms with Crippen molar-refractivity contribution in [3.63, 3.8) is 0 Å². The first-order valence-corrected chi connectivity index (χ1v) is 7.65. The molecule has 0 radical (unpaired) electrons. The topological polar surface area (TPSA) is 44.7 Å². The van der Waals surface area contributed by atoms with Crippen LogP contribution in [0.5, 0.6) is 5.75 Å². The summed E-state index contributed by atoms with van der Waals surface area (Å²) in [6, 6.07) is 5.04. The highest BCUT2D eigenvalue weighted by atomic mass is 35.5. The molecule has 0 saturated carbocycles. The molecule has 0 amide bonds. The lowest BCUT2D eigenvalue weighted by Crippen LogP contribution is -2.46. The lowest BCUT2D eigenvalue weighted by atomic mass is 10.2. The average molecular weight is 319 g/mol. The first-order chi connectivity index (χ1) is 9.65. The number of benzene rings is 1. The zero-order chi connectivity index (χ0) is 14.4. The molecule has 112 valence electrons. The summed E-state index contributed by atoms with van der Waals surface area (Å²) in [4.78, 5) is 0. The number of hydrogen-bond donors (Lipinski definition) is 2. The molecule has 2 N–H and O–H groups in total. The van der Waals surface area contributed by atoms with Crippen LogP contribution in [0.25, 0.3) is 0 Å². The van der Waals surface area contributed by atoms with Gasteiger partial charge in [-0.25, -0.2) is 5.01 Å². The largest absolute Gasteiger partial charge is 0.489 e. The van der Waals surface area contributed by atoms with Gasteiger partial charge in [-0.2, -0.15) is 0 Å². The summed E-state index contributed by atoms with van der Waals surface area (Å²) in [5, 5.41) is 13.1. The highest BCUT2D eigenvalue weighted by Gasteiger charge is 2.12. The molecule has 1 aromatic rings. The van der Waals surface area contributed by atoms with Gasteiger partial charge in [0, 0.05) is 24.7 Å². The molecule has 0 spiro atoms. The van der Waals surface area contributed by atoms with Crippen LogP contribution >= 0.6 is 23.2 Å². The van der Waals surface area contributed by atoms with Gasteiger partial charge < -0.3 is 9.84 Å². The molecule has 20 heavy (non-hydrogen) atoms. The fourth-order valence-electron chi connectivity index (χ4n) is 2.12. The minimum atomic E-state index is -0.580. The van der Waals surface area contributed by atoms with Crippen LogP contribution < -0.4 is 10.2 Å². The standard InChI is InChI=1S/C14H20Cl2N2O2/c15-11-4-5-14(13(16)8-11)20-10-12(19)9-17-18-6-2-1-3-7-18/h4-5,8,12,17,19H,1-3,6-7,9-10H2. The Morgan fingerprint density at radius 2 is 2.00 bits per heavy atom. The van der Waals surface area contributed by atoms with Crippen LogP contribution in [0.4, 0.5) is 0 Å². The monoisotopic (exact) mass is 318 g/mol. The van der Waals surface area contributed by atoms with Crippen molar-refractivity contribution in [1.29, 1.82) is 0 Å². The maximum absolute atomic E-state index is 9.90. The molecule has 4 nitrogen and oxygen atoms in total. The zero-order valence-electron chi connectivity index (χ0n) is 11.3. The number of hydrazine groups is 1. The van der Waals surface area contributed by atoms with E-state index in [0.717, 1.165) is 13.1 Å². The van der Waals surface area contributed by atoms with Crippen LogP contribution in [-0.4, -0.2) is 42.5 Å². The summed E-state index contributed by atoms with van der Waals surface area (Å²) in [6.45, 7) is 2.75. The normalized spacial score (nSPS) is 17.9. The molecular formula is C14H20Cl2N2O2. The van der Waals surface area contributed by atoms with E-state index in [0.29, 0.717) is 22.3 Å². The number of ether oxygens (including phenoxy) is 1. The summed E-state index contributed by atoms with van der Waals surface area (Å²) in [5.74, 6) is 0.535. The van der Waals surface area contributed by atoms with Crippen molar-refractivity contribution in [1.82, 2.24) is 10.4 Å². The predicted molar refractivity (Wildman–Crippen MR) is 81.4 cm³/mol. The lowest BCUT2D eigenvalue weighted by molar-refractivity contribution is 0.0684. The molecule has 1 fully saturated rings. The predicted octanol–water partition coefficient (Wildman–Crippen LogP) is 2.72. The van der Waals surface area contributed by atoms with Crippen molar-refractivity contribution >= 4 is 23.2 Å². The van der Waals surface area contributed by atoms with Gasteiger partial charge in [0.2, 0.25) is 0 Å². The molecule has 0 bridgehead atoms. The van der Waals surface area contributed by atoms with E-state index in [1.807, 2.05) is 0 Å². The number of hydrogen-bond acceptors (Lipinski definition) is 4. The molecule has 0 aliphatic carbocycles. The van der Waals surface area contributed by atoms with Crippen molar-refractivity contribution in [2.24, 2.45) is 0 Å². The van der Waals surface area contributed by atoms with Gasteiger partial charge in [-0.15, -0.1) is 0 Å². The van der Waals surface area contributed by atoms with E-state index in [1.165, 1.54) is 19.3 Å². The summed E-state index contributed by atoms with van der Waals surface area (Å²) < 4.78 is 5.49. The van der Waals surface area contributed by atoms with E-state index in [-0.39, 0.29) is 6.61 Å². The highest BCUT2D eigenvalue weighted by Crippen LogP contribution is 2.27. The van der Waals surface area contributed by atoms with Crippen molar-refractivity contribution in [3.05, 3.63) is 28.2 Å². The fraction of sp³-hybridized carbons (Fsp3) is 0.571.